The number of nitrogens with one attached hydrogen (secondary N) is 1. The highest BCUT2D eigenvalue weighted by molar-refractivity contribution is 7.80. The second-order valence-corrected chi connectivity index (χ2v) is 4.85. The summed E-state index contributed by atoms with van der Waals surface area (Å²) >= 11 is 9.31. The number of fused-ring (bicyclic) bond motifs is 1. The lowest BCUT2D eigenvalue weighted by molar-refractivity contribution is -0.146. The number of aromatic amines is 1. The Labute approximate surface area is 126 Å². The van der Waals surface area contributed by atoms with Crippen LogP contribution in [0.3, 0.4) is 0 Å². The molecule has 0 radical (unpaired) electrons. The van der Waals surface area contributed by atoms with Gasteiger partial charge in [0.15, 0.2) is 4.77 Å². The van der Waals surface area contributed by atoms with Crippen molar-refractivity contribution < 1.29 is 9.53 Å². The van der Waals surface area contributed by atoms with Gasteiger partial charge in [-0.2, -0.15) is 12.6 Å². The number of ether oxygens (including phenoxy) is 1. The highest BCUT2D eigenvalue weighted by Gasteiger charge is 2.23. The maximum Gasteiger partial charge on any atom is 0.330 e. The predicted octanol–water partition coefficient (Wildman–Crippen LogP) is 2.09. The number of carbonyl (C=O) groups is 1. The molecular weight excluding hydrogens is 296 g/mol. The van der Waals surface area contributed by atoms with Crippen molar-refractivity contribution in [2.45, 2.75) is 13.0 Å². The molecule has 0 saturated heterocycles. The average molecular weight is 310 g/mol. The Hall–Kier alpha value is -1.60. The summed E-state index contributed by atoms with van der Waals surface area (Å²) in [7, 11) is 0. The molecule has 0 aliphatic carbocycles. The van der Waals surface area contributed by atoms with Crippen molar-refractivity contribution in [3.63, 3.8) is 0 Å². The fraction of sp³-hybridized carbons (Fsp3) is 0.308. The van der Waals surface area contributed by atoms with Crippen LogP contribution in [0.4, 0.5) is 0 Å². The van der Waals surface area contributed by atoms with E-state index in [4.69, 9.17) is 17.0 Å². The van der Waals surface area contributed by atoms with Crippen LogP contribution >= 0.6 is 24.8 Å². The second kappa shape index (κ2) is 6.23. The zero-order chi connectivity index (χ0) is 14.7. The molecule has 1 aromatic heterocycles. The van der Waals surface area contributed by atoms with Gasteiger partial charge in [0.1, 0.15) is 6.04 Å². The first-order valence-electron chi connectivity index (χ1n) is 6.11. The molecule has 0 amide bonds. The van der Waals surface area contributed by atoms with Crippen LogP contribution < -0.4 is 5.56 Å². The Morgan fingerprint density at radius 2 is 2.20 bits per heavy atom. The molecule has 5 nitrogen and oxygen atoms in total. The number of rotatable bonds is 4. The van der Waals surface area contributed by atoms with Crippen molar-refractivity contribution in [1.82, 2.24) is 9.55 Å². The summed E-state index contributed by atoms with van der Waals surface area (Å²) in [6, 6.07) is 6.17. The third kappa shape index (κ3) is 2.64. The molecule has 20 heavy (non-hydrogen) atoms. The van der Waals surface area contributed by atoms with E-state index in [1.807, 2.05) is 0 Å². The molecule has 0 aliphatic rings. The molecule has 0 saturated carbocycles. The molecule has 0 aliphatic heterocycles. The number of H-pyrrole nitrogens is 1. The number of thiol groups is 1. The maximum atomic E-state index is 12.5. The molecule has 0 spiro atoms. The Bertz CT molecular complexity index is 751. The Balaban J connectivity index is 2.67. The smallest absolute Gasteiger partial charge is 0.330 e. The molecular formula is C13H14N2O3S2. The molecule has 2 aromatic rings. The average Bonchev–Trinajstić information content (AvgIpc) is 2.43. The number of aromatic nitrogens is 2. The van der Waals surface area contributed by atoms with Gasteiger partial charge in [0.25, 0.3) is 5.56 Å². The van der Waals surface area contributed by atoms with E-state index in [0.29, 0.717) is 10.9 Å². The van der Waals surface area contributed by atoms with E-state index in [9.17, 15) is 9.59 Å². The first kappa shape index (κ1) is 14.8. The quantitative estimate of drug-likeness (QED) is 0.516. The van der Waals surface area contributed by atoms with Crippen molar-refractivity contribution in [3.05, 3.63) is 39.4 Å². The van der Waals surface area contributed by atoms with Gasteiger partial charge in [-0.05, 0) is 31.3 Å². The van der Waals surface area contributed by atoms with E-state index in [2.05, 4.69) is 17.6 Å². The Morgan fingerprint density at radius 1 is 1.50 bits per heavy atom. The van der Waals surface area contributed by atoms with Crippen molar-refractivity contribution >= 4 is 41.7 Å². The van der Waals surface area contributed by atoms with Gasteiger partial charge in [-0.3, -0.25) is 9.36 Å². The molecule has 1 N–H and O–H groups in total. The van der Waals surface area contributed by atoms with E-state index in [1.165, 1.54) is 4.57 Å². The number of nitrogens with zero attached hydrogens (tertiary/aromatic N) is 1. The van der Waals surface area contributed by atoms with E-state index in [0.717, 1.165) is 0 Å². The summed E-state index contributed by atoms with van der Waals surface area (Å²) < 4.78 is 6.37. The van der Waals surface area contributed by atoms with Crippen LogP contribution in [-0.2, 0) is 9.53 Å². The number of carbonyl (C=O) groups excluding carboxylic acids is 1. The maximum absolute atomic E-state index is 12.5. The summed E-state index contributed by atoms with van der Waals surface area (Å²) in [6.07, 6.45) is 0. The molecule has 0 unspecified atom stereocenters. The molecule has 106 valence electrons. The summed E-state index contributed by atoms with van der Waals surface area (Å²) in [5.74, 6) is -0.381. The van der Waals surface area contributed by atoms with E-state index < -0.39 is 12.0 Å². The molecule has 1 atom stereocenters. The minimum absolute atomic E-state index is 0.133. The van der Waals surface area contributed by atoms with Crippen molar-refractivity contribution in [2.75, 3.05) is 12.4 Å². The van der Waals surface area contributed by atoms with Gasteiger partial charge in [-0.15, -0.1) is 0 Å². The molecule has 2 rings (SSSR count). The lowest BCUT2D eigenvalue weighted by Gasteiger charge is -2.16. The van der Waals surface area contributed by atoms with Crippen molar-refractivity contribution in [2.24, 2.45) is 0 Å². The highest BCUT2D eigenvalue weighted by Crippen LogP contribution is 2.13. The Kier molecular flexibility index (Phi) is 4.61. The number of esters is 1. The van der Waals surface area contributed by atoms with Crippen molar-refractivity contribution in [1.29, 1.82) is 0 Å². The van der Waals surface area contributed by atoms with Crippen LogP contribution in [0.25, 0.3) is 10.9 Å². The summed E-state index contributed by atoms with van der Waals surface area (Å²) in [5.41, 5.74) is 0.317. The summed E-state index contributed by atoms with van der Waals surface area (Å²) in [5, 5.41) is 0.470. The zero-order valence-electron chi connectivity index (χ0n) is 10.8. The summed E-state index contributed by atoms with van der Waals surface area (Å²) in [6.45, 7) is 1.94. The zero-order valence-corrected chi connectivity index (χ0v) is 12.5. The van der Waals surface area contributed by atoms with Crippen molar-refractivity contribution in [3.8, 4) is 0 Å². The normalized spacial score (nSPS) is 12.3. The monoisotopic (exact) mass is 310 g/mol. The van der Waals surface area contributed by atoms with Crippen LogP contribution in [-0.4, -0.2) is 27.9 Å². The SMILES string of the molecule is CCOC(=O)[C@@H](CS)n1c(=S)[nH]c2ccccc2c1=O. The topological polar surface area (TPSA) is 64.1 Å². The standard InChI is InChI=1S/C13H14N2O3S2/c1-2-18-12(17)10(7-19)15-11(16)8-5-3-4-6-9(8)14-13(15)20/h3-6,10,19H,2,7H2,1H3,(H,14,20)/t10-/m1/s1. The lowest BCUT2D eigenvalue weighted by atomic mass is 10.2. The van der Waals surface area contributed by atoms with Crippen LogP contribution in [0.1, 0.15) is 13.0 Å². The molecule has 0 fully saturated rings. The molecule has 7 heteroatoms. The van der Waals surface area contributed by atoms with Gasteiger partial charge in [-0.1, -0.05) is 12.1 Å². The largest absolute Gasteiger partial charge is 0.464 e. The van der Waals surface area contributed by atoms with E-state index in [-0.39, 0.29) is 22.7 Å². The Morgan fingerprint density at radius 3 is 2.85 bits per heavy atom. The van der Waals surface area contributed by atoms with Gasteiger partial charge in [-0.25, -0.2) is 4.79 Å². The van der Waals surface area contributed by atoms with Crippen LogP contribution in [0.5, 0.6) is 0 Å². The van der Waals surface area contributed by atoms with Gasteiger partial charge in [0, 0.05) is 5.75 Å². The third-order valence-corrected chi connectivity index (χ3v) is 3.52. The summed E-state index contributed by atoms with van der Waals surface area (Å²) in [4.78, 5) is 27.4. The number of para-hydroxylation sites is 1. The minimum atomic E-state index is -0.834. The molecule has 1 heterocycles. The third-order valence-electron chi connectivity index (χ3n) is 2.88. The number of hydrogen-bond acceptors (Lipinski definition) is 5. The fourth-order valence-electron chi connectivity index (χ4n) is 1.96. The van der Waals surface area contributed by atoms with Gasteiger partial charge in [0.2, 0.25) is 0 Å². The van der Waals surface area contributed by atoms with Gasteiger partial charge < -0.3 is 9.72 Å². The van der Waals surface area contributed by atoms with Crippen LogP contribution in [0, 0.1) is 4.77 Å². The first-order valence-corrected chi connectivity index (χ1v) is 7.15. The fourth-order valence-corrected chi connectivity index (χ4v) is 2.59. The van der Waals surface area contributed by atoms with Gasteiger partial charge in [0.05, 0.1) is 17.5 Å². The highest BCUT2D eigenvalue weighted by atomic mass is 32.1. The van der Waals surface area contributed by atoms with Gasteiger partial charge >= 0.3 is 5.97 Å². The predicted molar refractivity (Wildman–Crippen MR) is 82.9 cm³/mol. The molecule has 0 bridgehead atoms. The van der Waals surface area contributed by atoms with E-state index >= 15 is 0 Å². The van der Waals surface area contributed by atoms with Crippen LogP contribution in [0.15, 0.2) is 29.1 Å². The minimum Gasteiger partial charge on any atom is -0.464 e. The number of benzene rings is 1. The second-order valence-electron chi connectivity index (χ2n) is 4.10. The van der Waals surface area contributed by atoms with E-state index in [1.54, 1.807) is 31.2 Å². The first-order chi connectivity index (χ1) is 9.60. The molecule has 1 aromatic carbocycles. The lowest BCUT2D eigenvalue weighted by Crippen LogP contribution is -2.33. The van der Waals surface area contributed by atoms with Crippen LogP contribution in [0.2, 0.25) is 0 Å². The number of hydrogen-bond donors (Lipinski definition) is 2.